The van der Waals surface area contributed by atoms with E-state index in [1.807, 2.05) is 30.3 Å². The fraction of sp³-hybridized carbons (Fsp3) is 0. The molecule has 4 nitrogen and oxygen atoms in total. The third-order valence-electron chi connectivity index (χ3n) is 3.58. The van der Waals surface area contributed by atoms with E-state index in [-0.39, 0.29) is 17.5 Å². The van der Waals surface area contributed by atoms with Crippen molar-refractivity contribution < 1.29 is 9.59 Å². The van der Waals surface area contributed by atoms with E-state index >= 15 is 0 Å². The molecule has 0 saturated carbocycles. The maximum atomic E-state index is 12.5. The second-order valence-electron chi connectivity index (χ2n) is 4.86. The van der Waals surface area contributed by atoms with Crippen LogP contribution in [0.4, 0.5) is 5.69 Å². The van der Waals surface area contributed by atoms with Gasteiger partial charge in [-0.2, -0.15) is 0 Å². The lowest BCUT2D eigenvalue weighted by atomic mass is 10.1. The monoisotopic (exact) mass is 274 g/mol. The molecule has 1 aliphatic rings. The fourth-order valence-electron chi connectivity index (χ4n) is 2.57. The summed E-state index contributed by atoms with van der Waals surface area (Å²) in [6, 6.07) is 18.1. The molecule has 4 rings (SSSR count). The molecule has 100 valence electrons. The van der Waals surface area contributed by atoms with Crippen LogP contribution in [-0.4, -0.2) is 16.8 Å². The molecule has 0 spiro atoms. The van der Waals surface area contributed by atoms with E-state index in [4.69, 9.17) is 0 Å². The summed E-state index contributed by atoms with van der Waals surface area (Å²) in [6.45, 7) is 0. The molecule has 0 atom stereocenters. The summed E-state index contributed by atoms with van der Waals surface area (Å²) < 4.78 is 0. The van der Waals surface area contributed by atoms with Gasteiger partial charge in [-0.3, -0.25) is 9.59 Å². The number of amides is 2. The average molecular weight is 274 g/mol. The van der Waals surface area contributed by atoms with Gasteiger partial charge in [-0.1, -0.05) is 36.4 Å². The number of imide groups is 1. The van der Waals surface area contributed by atoms with Gasteiger partial charge < -0.3 is 0 Å². The number of aromatic nitrogens is 1. The number of hydrogen-bond donors (Lipinski definition) is 0. The molecule has 2 aromatic carbocycles. The van der Waals surface area contributed by atoms with Gasteiger partial charge in [0.15, 0.2) is 0 Å². The highest BCUT2D eigenvalue weighted by molar-refractivity contribution is 6.34. The van der Waals surface area contributed by atoms with Gasteiger partial charge in [0, 0.05) is 5.39 Å². The molecule has 2 amide bonds. The highest BCUT2D eigenvalue weighted by Gasteiger charge is 2.38. The Hall–Kier alpha value is -3.01. The van der Waals surface area contributed by atoms with E-state index in [0.717, 1.165) is 5.39 Å². The molecular weight excluding hydrogens is 264 g/mol. The molecule has 0 fully saturated rings. The lowest BCUT2D eigenvalue weighted by molar-refractivity contribution is 0.0925. The van der Waals surface area contributed by atoms with Crippen LogP contribution in [-0.2, 0) is 0 Å². The summed E-state index contributed by atoms with van der Waals surface area (Å²) in [4.78, 5) is 30.5. The SMILES string of the molecule is O=C1c2cc3ccccc3nc2C(=O)N1c1ccccc1. The molecule has 0 radical (unpaired) electrons. The number of carbonyl (C=O) groups is 2. The first-order chi connectivity index (χ1) is 10.3. The first-order valence-electron chi connectivity index (χ1n) is 6.59. The highest BCUT2D eigenvalue weighted by atomic mass is 16.2. The van der Waals surface area contributed by atoms with Crippen LogP contribution in [0.25, 0.3) is 10.9 Å². The Morgan fingerprint density at radius 3 is 2.33 bits per heavy atom. The first kappa shape index (κ1) is 11.8. The first-order valence-corrected chi connectivity index (χ1v) is 6.59. The Morgan fingerprint density at radius 2 is 1.52 bits per heavy atom. The predicted octanol–water partition coefficient (Wildman–Crippen LogP) is 3.04. The molecule has 0 aliphatic carbocycles. The van der Waals surface area contributed by atoms with Crippen LogP contribution < -0.4 is 4.90 Å². The lowest BCUT2D eigenvalue weighted by Crippen LogP contribution is -2.29. The van der Waals surface area contributed by atoms with E-state index in [1.165, 1.54) is 4.90 Å². The number of pyridine rings is 1. The molecule has 21 heavy (non-hydrogen) atoms. The van der Waals surface area contributed by atoms with Crippen LogP contribution in [0.2, 0.25) is 0 Å². The minimum atomic E-state index is -0.369. The zero-order valence-electron chi connectivity index (χ0n) is 11.0. The van der Waals surface area contributed by atoms with Gasteiger partial charge in [0.1, 0.15) is 5.69 Å². The number of fused-ring (bicyclic) bond motifs is 2. The highest BCUT2D eigenvalue weighted by Crippen LogP contribution is 2.29. The number of hydrogen-bond acceptors (Lipinski definition) is 3. The summed E-state index contributed by atoms with van der Waals surface area (Å²) in [7, 11) is 0. The van der Waals surface area contributed by atoms with Crippen LogP contribution in [0.15, 0.2) is 60.7 Å². The number of anilines is 1. The quantitative estimate of drug-likeness (QED) is 0.641. The molecule has 2 heterocycles. The Kier molecular flexibility index (Phi) is 2.38. The van der Waals surface area contributed by atoms with E-state index in [0.29, 0.717) is 16.8 Å². The number of carbonyl (C=O) groups excluding carboxylic acids is 2. The third-order valence-corrected chi connectivity index (χ3v) is 3.58. The summed E-state index contributed by atoms with van der Waals surface area (Å²) in [5.41, 5.74) is 1.87. The molecule has 1 aliphatic heterocycles. The van der Waals surface area contributed by atoms with Gasteiger partial charge in [-0.15, -0.1) is 0 Å². The summed E-state index contributed by atoms with van der Waals surface area (Å²) >= 11 is 0. The summed E-state index contributed by atoms with van der Waals surface area (Å²) in [5.74, 6) is -0.689. The van der Waals surface area contributed by atoms with Crippen LogP contribution >= 0.6 is 0 Å². The van der Waals surface area contributed by atoms with Gasteiger partial charge in [0.05, 0.1) is 16.8 Å². The van der Waals surface area contributed by atoms with Crippen molar-refractivity contribution in [2.24, 2.45) is 0 Å². The minimum Gasteiger partial charge on any atom is -0.268 e. The maximum absolute atomic E-state index is 12.5. The number of nitrogens with zero attached hydrogens (tertiary/aromatic N) is 2. The molecule has 0 N–H and O–H groups in total. The Labute approximate surface area is 120 Å². The molecule has 3 aromatic rings. The molecule has 0 saturated heterocycles. The molecule has 0 unspecified atom stereocenters. The zero-order valence-corrected chi connectivity index (χ0v) is 11.0. The fourth-order valence-corrected chi connectivity index (χ4v) is 2.57. The van der Waals surface area contributed by atoms with E-state index in [9.17, 15) is 9.59 Å². The molecule has 4 heteroatoms. The van der Waals surface area contributed by atoms with E-state index in [1.54, 1.807) is 30.3 Å². The lowest BCUT2D eigenvalue weighted by Gasteiger charge is -2.12. The number of para-hydroxylation sites is 2. The van der Waals surface area contributed by atoms with Crippen LogP contribution in [0.1, 0.15) is 20.8 Å². The number of benzene rings is 2. The van der Waals surface area contributed by atoms with Gasteiger partial charge in [0.25, 0.3) is 11.8 Å². The average Bonchev–Trinajstić information content (AvgIpc) is 2.77. The Balaban J connectivity index is 1.92. The van der Waals surface area contributed by atoms with Crippen molar-refractivity contribution in [2.45, 2.75) is 0 Å². The second-order valence-corrected chi connectivity index (χ2v) is 4.86. The van der Waals surface area contributed by atoms with Crippen molar-refractivity contribution in [3.8, 4) is 0 Å². The van der Waals surface area contributed by atoms with Gasteiger partial charge in [-0.05, 0) is 24.3 Å². The summed E-state index contributed by atoms with van der Waals surface area (Å²) in [5, 5.41) is 0.854. The molecule has 1 aromatic heterocycles. The van der Waals surface area contributed by atoms with Crippen molar-refractivity contribution in [1.82, 2.24) is 4.98 Å². The smallest absolute Gasteiger partial charge is 0.268 e. The minimum absolute atomic E-state index is 0.225. The van der Waals surface area contributed by atoms with Crippen LogP contribution in [0.3, 0.4) is 0 Å². The normalized spacial score (nSPS) is 13.8. The third kappa shape index (κ3) is 1.66. The van der Waals surface area contributed by atoms with Crippen molar-refractivity contribution in [3.05, 3.63) is 71.9 Å². The topological polar surface area (TPSA) is 50.3 Å². The van der Waals surface area contributed by atoms with Crippen molar-refractivity contribution in [2.75, 3.05) is 4.90 Å². The second kappa shape index (κ2) is 4.24. The summed E-state index contributed by atoms with van der Waals surface area (Å²) in [6.07, 6.45) is 0. The number of rotatable bonds is 1. The van der Waals surface area contributed by atoms with Gasteiger partial charge in [-0.25, -0.2) is 9.88 Å². The van der Waals surface area contributed by atoms with Gasteiger partial charge in [0.2, 0.25) is 0 Å². The molecular formula is C17H10N2O2. The van der Waals surface area contributed by atoms with Crippen molar-refractivity contribution >= 4 is 28.4 Å². The Morgan fingerprint density at radius 1 is 0.810 bits per heavy atom. The molecule has 0 bridgehead atoms. The van der Waals surface area contributed by atoms with Crippen molar-refractivity contribution in [3.63, 3.8) is 0 Å². The standard InChI is InChI=1S/C17H10N2O2/c20-16-13-10-11-6-4-5-9-14(11)18-15(13)17(21)19(16)12-7-2-1-3-8-12/h1-10H. The predicted molar refractivity (Wildman–Crippen MR) is 79.3 cm³/mol. The zero-order chi connectivity index (χ0) is 14.4. The van der Waals surface area contributed by atoms with Crippen LogP contribution in [0, 0.1) is 0 Å². The largest absolute Gasteiger partial charge is 0.284 e. The van der Waals surface area contributed by atoms with E-state index in [2.05, 4.69) is 4.98 Å². The maximum Gasteiger partial charge on any atom is 0.284 e. The van der Waals surface area contributed by atoms with Crippen LogP contribution in [0.5, 0.6) is 0 Å². The van der Waals surface area contributed by atoms with E-state index < -0.39 is 0 Å². The Bertz CT molecular complexity index is 833. The van der Waals surface area contributed by atoms with Gasteiger partial charge >= 0.3 is 0 Å². The van der Waals surface area contributed by atoms with Crippen molar-refractivity contribution in [1.29, 1.82) is 0 Å².